The Kier molecular flexibility index (Phi) is 8.89. The Morgan fingerprint density at radius 2 is 1.85 bits per heavy atom. The molecule has 1 saturated heterocycles. The number of hydrogen-bond acceptors (Lipinski definition) is 4. The fraction of sp³-hybridized carbons (Fsp3) is 0.381. The van der Waals surface area contributed by atoms with Crippen molar-refractivity contribution in [3.8, 4) is 5.75 Å². The van der Waals surface area contributed by atoms with Crippen molar-refractivity contribution in [2.75, 3.05) is 24.4 Å². The highest BCUT2D eigenvalue weighted by molar-refractivity contribution is 7.92. The number of likely N-dealkylation sites (tertiary alicyclic amines) is 1. The molecule has 0 unspecified atom stereocenters. The second-order valence-corrected chi connectivity index (χ2v) is 9.66. The van der Waals surface area contributed by atoms with E-state index in [1.54, 1.807) is 13.0 Å². The van der Waals surface area contributed by atoms with Crippen molar-refractivity contribution in [2.24, 2.45) is 5.92 Å². The van der Waals surface area contributed by atoms with Gasteiger partial charge >= 0.3 is 6.18 Å². The number of alkyl halides is 3. The van der Waals surface area contributed by atoms with Crippen LogP contribution in [0.1, 0.15) is 25.3 Å². The zero-order chi connectivity index (χ0) is 23.5. The Morgan fingerprint density at radius 3 is 2.42 bits per heavy atom. The summed E-state index contributed by atoms with van der Waals surface area (Å²) in [4.78, 5) is 1.69. The molecule has 1 aliphatic heterocycles. The number of halogens is 5. The highest BCUT2D eigenvalue weighted by Crippen LogP contribution is 2.35. The molecule has 0 bridgehead atoms. The van der Waals surface area contributed by atoms with Gasteiger partial charge in [-0.05, 0) is 49.9 Å². The SMILES string of the molecule is CC(=N)N1CCC(COc2cc(NS(=O)(=O)c3ccccc3Cl)cc(C(F)(F)F)c2)CC1.Cl. The molecule has 182 valence electrons. The first kappa shape index (κ1) is 27.1. The lowest BCUT2D eigenvalue weighted by atomic mass is 9.98. The molecule has 33 heavy (non-hydrogen) atoms. The van der Waals surface area contributed by atoms with Crippen molar-refractivity contribution in [2.45, 2.75) is 30.8 Å². The van der Waals surface area contributed by atoms with Crippen LogP contribution in [0.5, 0.6) is 5.75 Å². The molecular weight excluding hydrogens is 502 g/mol. The lowest BCUT2D eigenvalue weighted by Gasteiger charge is -2.32. The van der Waals surface area contributed by atoms with E-state index in [1.807, 2.05) is 4.90 Å². The van der Waals surface area contributed by atoms with Crippen LogP contribution in [0.15, 0.2) is 47.4 Å². The molecule has 0 amide bonds. The molecule has 1 aliphatic rings. The Morgan fingerprint density at radius 1 is 1.21 bits per heavy atom. The van der Waals surface area contributed by atoms with Crippen molar-refractivity contribution >= 4 is 45.6 Å². The molecular formula is C21H24Cl2F3N3O3S. The van der Waals surface area contributed by atoms with Crippen molar-refractivity contribution in [1.82, 2.24) is 4.90 Å². The first-order chi connectivity index (χ1) is 15.0. The predicted octanol–water partition coefficient (Wildman–Crippen LogP) is 5.67. The van der Waals surface area contributed by atoms with Crippen LogP contribution in [-0.4, -0.2) is 38.8 Å². The van der Waals surface area contributed by atoms with E-state index in [2.05, 4.69) is 4.72 Å². The first-order valence-corrected chi connectivity index (χ1v) is 11.7. The number of amidine groups is 1. The van der Waals surface area contributed by atoms with Crippen molar-refractivity contribution in [3.05, 3.63) is 53.1 Å². The summed E-state index contributed by atoms with van der Waals surface area (Å²) in [5.74, 6) is 0.531. The third kappa shape index (κ3) is 7.15. The van der Waals surface area contributed by atoms with Crippen molar-refractivity contribution in [1.29, 1.82) is 5.41 Å². The van der Waals surface area contributed by atoms with E-state index < -0.39 is 21.8 Å². The standard InChI is InChI=1S/C21H23ClF3N3O3S.ClH/c1-14(26)28-8-6-15(7-9-28)13-31-18-11-16(21(23,24)25)10-17(12-18)27-32(29,30)20-5-3-2-4-19(20)22;/h2-5,10-12,15,26-27H,6-9,13H2,1H3;1H. The number of rotatable bonds is 6. The van der Waals surface area contributed by atoms with E-state index in [0.717, 1.165) is 18.9 Å². The second-order valence-electron chi connectivity index (χ2n) is 7.61. The molecule has 2 N–H and O–H groups in total. The van der Waals surface area contributed by atoms with Crippen molar-refractivity contribution < 1.29 is 26.3 Å². The van der Waals surface area contributed by atoms with Crippen LogP contribution in [0.25, 0.3) is 0 Å². The summed E-state index contributed by atoms with van der Waals surface area (Å²) in [6.07, 6.45) is -3.18. The van der Waals surface area contributed by atoms with Gasteiger partial charge in [-0.2, -0.15) is 13.2 Å². The van der Waals surface area contributed by atoms with Gasteiger partial charge in [0.15, 0.2) is 0 Å². The van der Waals surface area contributed by atoms with Gasteiger partial charge in [-0.15, -0.1) is 12.4 Å². The van der Waals surface area contributed by atoms with Crippen LogP contribution in [0.3, 0.4) is 0 Å². The Hall–Kier alpha value is -2.17. The molecule has 0 radical (unpaired) electrons. The van der Waals surface area contributed by atoms with Crippen LogP contribution in [-0.2, 0) is 16.2 Å². The molecule has 0 atom stereocenters. The Bertz CT molecular complexity index is 1090. The van der Waals surface area contributed by atoms with Gasteiger partial charge in [0.1, 0.15) is 10.6 Å². The number of benzene rings is 2. The van der Waals surface area contributed by atoms with Gasteiger partial charge < -0.3 is 9.64 Å². The third-order valence-corrected chi connectivity index (χ3v) is 7.07. The fourth-order valence-corrected chi connectivity index (χ4v) is 4.99. The number of nitrogens with zero attached hydrogens (tertiary/aromatic N) is 1. The lowest BCUT2D eigenvalue weighted by molar-refractivity contribution is -0.137. The minimum absolute atomic E-state index is 0. The summed E-state index contributed by atoms with van der Waals surface area (Å²) in [5, 5.41) is 7.62. The zero-order valence-corrected chi connectivity index (χ0v) is 20.0. The van der Waals surface area contributed by atoms with Crippen LogP contribution in [0.2, 0.25) is 5.02 Å². The number of ether oxygens (including phenoxy) is 1. The van der Waals surface area contributed by atoms with Crippen LogP contribution >= 0.6 is 24.0 Å². The molecule has 12 heteroatoms. The summed E-state index contributed by atoms with van der Waals surface area (Å²) in [5.41, 5.74) is -1.30. The topological polar surface area (TPSA) is 82.5 Å². The molecule has 2 aromatic rings. The molecule has 0 saturated carbocycles. The van der Waals surface area contributed by atoms with E-state index in [4.69, 9.17) is 21.7 Å². The van der Waals surface area contributed by atoms with Crippen molar-refractivity contribution in [3.63, 3.8) is 0 Å². The highest BCUT2D eigenvalue weighted by atomic mass is 35.5. The van der Waals surface area contributed by atoms with Gasteiger partial charge in [-0.3, -0.25) is 10.1 Å². The number of nitrogens with one attached hydrogen (secondary N) is 2. The van der Waals surface area contributed by atoms with E-state index >= 15 is 0 Å². The smallest absolute Gasteiger partial charge is 0.416 e. The summed E-state index contributed by atoms with van der Waals surface area (Å²) in [6.45, 7) is 3.29. The molecule has 6 nitrogen and oxygen atoms in total. The van der Waals surface area contributed by atoms with E-state index in [1.165, 1.54) is 24.3 Å². The summed E-state index contributed by atoms with van der Waals surface area (Å²) < 4.78 is 73.3. The quantitative estimate of drug-likeness (QED) is 0.376. The maximum absolute atomic E-state index is 13.4. The van der Waals surface area contributed by atoms with Gasteiger partial charge in [0, 0.05) is 19.2 Å². The summed E-state index contributed by atoms with van der Waals surface area (Å²) in [6, 6.07) is 8.44. The van der Waals surface area contributed by atoms with Gasteiger partial charge in [-0.25, -0.2) is 8.42 Å². The second kappa shape index (κ2) is 10.8. The van der Waals surface area contributed by atoms with Crippen LogP contribution < -0.4 is 9.46 Å². The maximum Gasteiger partial charge on any atom is 0.416 e. The fourth-order valence-electron chi connectivity index (χ4n) is 3.43. The van der Waals surface area contributed by atoms with Gasteiger partial charge in [0.05, 0.1) is 28.7 Å². The largest absolute Gasteiger partial charge is 0.493 e. The lowest BCUT2D eigenvalue weighted by Crippen LogP contribution is -2.38. The minimum Gasteiger partial charge on any atom is -0.493 e. The number of piperidine rings is 1. The normalized spacial score (nSPS) is 15.0. The minimum atomic E-state index is -4.68. The molecule has 1 heterocycles. The van der Waals surface area contributed by atoms with Gasteiger partial charge in [0.2, 0.25) is 0 Å². The molecule has 0 aliphatic carbocycles. The number of hydrogen-bond donors (Lipinski definition) is 2. The van der Waals surface area contributed by atoms with Crippen LogP contribution in [0.4, 0.5) is 18.9 Å². The van der Waals surface area contributed by atoms with Crippen LogP contribution in [0, 0.1) is 11.3 Å². The molecule has 2 aromatic carbocycles. The summed E-state index contributed by atoms with van der Waals surface area (Å²) in [7, 11) is -4.20. The average Bonchev–Trinajstić information content (AvgIpc) is 2.71. The van der Waals surface area contributed by atoms with E-state index in [-0.39, 0.29) is 46.3 Å². The first-order valence-electron chi connectivity index (χ1n) is 9.88. The average molecular weight is 526 g/mol. The van der Waals surface area contributed by atoms with Gasteiger partial charge in [-0.1, -0.05) is 23.7 Å². The van der Waals surface area contributed by atoms with Gasteiger partial charge in [0.25, 0.3) is 10.0 Å². The van der Waals surface area contributed by atoms with E-state index in [0.29, 0.717) is 25.0 Å². The third-order valence-electron chi connectivity index (χ3n) is 5.19. The highest BCUT2D eigenvalue weighted by Gasteiger charge is 2.32. The molecule has 1 fully saturated rings. The monoisotopic (exact) mass is 525 g/mol. The zero-order valence-electron chi connectivity index (χ0n) is 17.7. The Balaban J connectivity index is 0.00000385. The van der Waals surface area contributed by atoms with E-state index in [9.17, 15) is 21.6 Å². The predicted molar refractivity (Wildman–Crippen MR) is 124 cm³/mol. The molecule has 0 aromatic heterocycles. The Labute approximate surface area is 202 Å². The number of sulfonamides is 1. The molecule has 3 rings (SSSR count). The maximum atomic E-state index is 13.4. The molecule has 0 spiro atoms. The summed E-state index contributed by atoms with van der Waals surface area (Å²) >= 11 is 5.94. The number of anilines is 1.